The zero-order valence-electron chi connectivity index (χ0n) is 14.2. The van der Waals surface area contributed by atoms with Crippen LogP contribution in [0, 0.1) is 11.8 Å². The molecule has 4 atom stereocenters. The van der Waals surface area contributed by atoms with E-state index in [4.69, 9.17) is 6.64 Å². The van der Waals surface area contributed by atoms with Crippen molar-refractivity contribution in [2.75, 3.05) is 13.2 Å². The third-order valence-electron chi connectivity index (χ3n) is 4.02. The molecule has 0 saturated heterocycles. The average molecular weight is 338 g/mol. The van der Waals surface area contributed by atoms with Crippen LogP contribution in [0.1, 0.15) is 66.2 Å². The predicted octanol–water partition coefficient (Wildman–Crippen LogP) is 3.31. The van der Waals surface area contributed by atoms with E-state index in [1.807, 2.05) is 0 Å². The van der Waals surface area contributed by atoms with Gasteiger partial charge in [0.15, 0.2) is 0 Å². The molecule has 0 bridgehead atoms. The van der Waals surface area contributed by atoms with Crippen molar-refractivity contribution in [3.8, 4) is 0 Å². The van der Waals surface area contributed by atoms with Crippen molar-refractivity contribution in [2.45, 2.75) is 78.4 Å². The van der Waals surface area contributed by atoms with Crippen molar-refractivity contribution in [1.29, 1.82) is 0 Å². The molecular formula is C16H34O4Ti. The fraction of sp³-hybridized carbons (Fsp3) is 1.00. The molecule has 0 aromatic heterocycles. The van der Waals surface area contributed by atoms with E-state index < -0.39 is 19.9 Å². The van der Waals surface area contributed by atoms with Gasteiger partial charge in [-0.2, -0.15) is 0 Å². The molecule has 0 aromatic carbocycles. The SMILES string of the molecule is CCCC(O)C(CC)C[O][Ti][O]CC(CC)C(O)CCC. The van der Waals surface area contributed by atoms with Crippen molar-refractivity contribution >= 4 is 0 Å². The van der Waals surface area contributed by atoms with Gasteiger partial charge in [0.05, 0.1) is 0 Å². The molecule has 4 unspecified atom stereocenters. The minimum atomic E-state index is -0.882. The Hall–Kier alpha value is 0.554. The van der Waals surface area contributed by atoms with Gasteiger partial charge in [-0.3, -0.25) is 0 Å². The van der Waals surface area contributed by atoms with Gasteiger partial charge in [-0.15, -0.1) is 0 Å². The second-order valence-electron chi connectivity index (χ2n) is 5.75. The number of hydrogen-bond donors (Lipinski definition) is 2. The van der Waals surface area contributed by atoms with Crippen LogP contribution in [0.25, 0.3) is 0 Å². The maximum absolute atomic E-state index is 9.98. The van der Waals surface area contributed by atoms with Gasteiger partial charge < -0.3 is 0 Å². The summed E-state index contributed by atoms with van der Waals surface area (Å²) < 4.78 is 11.3. The summed E-state index contributed by atoms with van der Waals surface area (Å²) in [5.74, 6) is 0.426. The number of aliphatic hydroxyl groups excluding tert-OH is 2. The Morgan fingerprint density at radius 3 is 1.43 bits per heavy atom. The number of aliphatic hydroxyl groups is 2. The molecule has 0 aliphatic carbocycles. The average Bonchev–Trinajstić information content (AvgIpc) is 2.47. The summed E-state index contributed by atoms with van der Waals surface area (Å²) in [4.78, 5) is 0. The van der Waals surface area contributed by atoms with Gasteiger partial charge in [-0.05, 0) is 0 Å². The molecule has 0 radical (unpaired) electrons. The zero-order chi connectivity index (χ0) is 16.1. The topological polar surface area (TPSA) is 58.9 Å². The molecule has 0 heterocycles. The fourth-order valence-electron chi connectivity index (χ4n) is 2.39. The molecule has 2 N–H and O–H groups in total. The summed E-state index contributed by atoms with van der Waals surface area (Å²) in [6.45, 7) is 9.52. The molecule has 0 fully saturated rings. The van der Waals surface area contributed by atoms with E-state index in [-0.39, 0.29) is 24.0 Å². The Labute approximate surface area is 140 Å². The quantitative estimate of drug-likeness (QED) is 0.377. The number of hydrogen-bond acceptors (Lipinski definition) is 4. The standard InChI is InChI=1S/2C8H17O2.Ti/c2*1-3-5-8(10)7(4-2)6-9;/h2*7-8,10H,3-6H2,1-2H3;/q2*-1;+2. The Morgan fingerprint density at radius 1 is 0.762 bits per heavy atom. The minimum absolute atomic E-state index is 0.213. The molecule has 126 valence electrons. The van der Waals surface area contributed by atoms with Crippen LogP contribution < -0.4 is 0 Å². The number of rotatable bonds is 14. The van der Waals surface area contributed by atoms with E-state index in [2.05, 4.69) is 27.7 Å². The first-order valence-electron chi connectivity index (χ1n) is 8.45. The summed E-state index contributed by atoms with van der Waals surface area (Å²) in [6.07, 6.45) is 5.01. The Kier molecular flexibility index (Phi) is 14.5. The van der Waals surface area contributed by atoms with Crippen molar-refractivity contribution < 1.29 is 36.8 Å². The molecule has 4 nitrogen and oxygen atoms in total. The summed E-state index contributed by atoms with van der Waals surface area (Å²) in [5, 5.41) is 20.0. The van der Waals surface area contributed by atoms with Crippen LogP contribution in [-0.4, -0.2) is 35.6 Å². The summed E-state index contributed by atoms with van der Waals surface area (Å²) in [5.41, 5.74) is 0. The third kappa shape index (κ3) is 10.0. The van der Waals surface area contributed by atoms with Crippen molar-refractivity contribution in [2.24, 2.45) is 11.8 Å². The van der Waals surface area contributed by atoms with E-state index in [9.17, 15) is 10.2 Å². The van der Waals surface area contributed by atoms with Crippen LogP contribution in [0.15, 0.2) is 0 Å². The zero-order valence-corrected chi connectivity index (χ0v) is 15.7. The van der Waals surface area contributed by atoms with Gasteiger partial charge in [0.25, 0.3) is 0 Å². The Balaban J connectivity index is 3.82. The van der Waals surface area contributed by atoms with E-state index in [1.54, 1.807) is 0 Å². The molecular weight excluding hydrogens is 304 g/mol. The molecule has 0 saturated carbocycles. The Morgan fingerprint density at radius 2 is 1.14 bits per heavy atom. The monoisotopic (exact) mass is 338 g/mol. The molecule has 0 aliphatic rings. The fourth-order valence-corrected chi connectivity index (χ4v) is 3.40. The van der Waals surface area contributed by atoms with Crippen molar-refractivity contribution in [3.05, 3.63) is 0 Å². The van der Waals surface area contributed by atoms with Crippen molar-refractivity contribution in [1.82, 2.24) is 0 Å². The molecule has 0 aromatic rings. The normalized spacial score (nSPS) is 17.2. The van der Waals surface area contributed by atoms with E-state index in [0.29, 0.717) is 13.2 Å². The van der Waals surface area contributed by atoms with Gasteiger partial charge in [0.1, 0.15) is 0 Å². The molecule has 0 spiro atoms. The molecule has 5 heteroatoms. The summed E-state index contributed by atoms with van der Waals surface area (Å²) in [6, 6.07) is 0. The first-order chi connectivity index (χ1) is 10.1. The Bertz CT molecular complexity index is 206. The molecule has 0 rings (SSSR count). The van der Waals surface area contributed by atoms with Crippen molar-refractivity contribution in [3.63, 3.8) is 0 Å². The van der Waals surface area contributed by atoms with E-state index in [0.717, 1.165) is 38.5 Å². The van der Waals surface area contributed by atoms with Crippen LogP contribution >= 0.6 is 0 Å². The van der Waals surface area contributed by atoms with Crippen LogP contribution in [-0.2, 0) is 26.6 Å². The molecule has 0 amide bonds. The van der Waals surface area contributed by atoms with E-state index >= 15 is 0 Å². The molecule has 0 aliphatic heterocycles. The van der Waals surface area contributed by atoms with Gasteiger partial charge in [0, 0.05) is 0 Å². The van der Waals surface area contributed by atoms with Crippen LogP contribution in [0.4, 0.5) is 0 Å². The summed E-state index contributed by atoms with van der Waals surface area (Å²) in [7, 11) is 0. The van der Waals surface area contributed by atoms with Gasteiger partial charge in [-0.25, -0.2) is 0 Å². The van der Waals surface area contributed by atoms with Gasteiger partial charge >= 0.3 is 140 Å². The van der Waals surface area contributed by atoms with E-state index in [1.165, 1.54) is 0 Å². The van der Waals surface area contributed by atoms with Crippen LogP contribution in [0.5, 0.6) is 0 Å². The van der Waals surface area contributed by atoms with Gasteiger partial charge in [0.2, 0.25) is 0 Å². The first kappa shape index (κ1) is 21.6. The van der Waals surface area contributed by atoms with Crippen LogP contribution in [0.2, 0.25) is 0 Å². The van der Waals surface area contributed by atoms with Gasteiger partial charge in [-0.1, -0.05) is 0 Å². The summed E-state index contributed by atoms with van der Waals surface area (Å²) >= 11 is -0.882. The predicted molar refractivity (Wildman–Crippen MR) is 81.3 cm³/mol. The maximum atomic E-state index is 9.98. The second kappa shape index (κ2) is 14.2. The second-order valence-corrected chi connectivity index (χ2v) is 6.92. The third-order valence-corrected chi connectivity index (χ3v) is 4.91. The molecule has 21 heavy (non-hydrogen) atoms. The van der Waals surface area contributed by atoms with Crippen LogP contribution in [0.3, 0.4) is 0 Å². The first-order valence-corrected chi connectivity index (χ1v) is 9.72.